The number of aryl methyl sites for hydroxylation is 2. The van der Waals surface area contributed by atoms with E-state index in [1.54, 1.807) is 13.8 Å². The van der Waals surface area contributed by atoms with E-state index in [1.807, 2.05) is 20.1 Å². The SMILES string of the molecule is CCOC(=O)c1c(NC(=O)CCc2c(C)nc(SC)[nH]c2=O)sc(C)c1CC. The fourth-order valence-electron chi connectivity index (χ4n) is 2.92. The number of aromatic amines is 1. The molecule has 152 valence electrons. The van der Waals surface area contributed by atoms with Gasteiger partial charge in [-0.1, -0.05) is 18.7 Å². The maximum Gasteiger partial charge on any atom is 0.341 e. The molecule has 1 amide bonds. The van der Waals surface area contributed by atoms with Crippen molar-refractivity contribution < 1.29 is 14.3 Å². The molecule has 0 aromatic carbocycles. The summed E-state index contributed by atoms with van der Waals surface area (Å²) in [6.45, 7) is 7.66. The highest BCUT2D eigenvalue weighted by Crippen LogP contribution is 2.34. The van der Waals surface area contributed by atoms with Gasteiger partial charge in [0.2, 0.25) is 5.91 Å². The van der Waals surface area contributed by atoms with Crippen molar-refractivity contribution in [3.63, 3.8) is 0 Å². The lowest BCUT2D eigenvalue weighted by atomic mass is 10.1. The Morgan fingerprint density at radius 2 is 1.96 bits per heavy atom. The lowest BCUT2D eigenvalue weighted by Gasteiger charge is -2.09. The molecular formula is C19H25N3O4S2. The zero-order chi connectivity index (χ0) is 20.8. The van der Waals surface area contributed by atoms with Crippen LogP contribution in [0.3, 0.4) is 0 Å². The Hall–Kier alpha value is -2.13. The van der Waals surface area contributed by atoms with E-state index < -0.39 is 5.97 Å². The topological polar surface area (TPSA) is 101 Å². The Labute approximate surface area is 172 Å². The van der Waals surface area contributed by atoms with Gasteiger partial charge in [0.25, 0.3) is 5.56 Å². The summed E-state index contributed by atoms with van der Waals surface area (Å²) >= 11 is 2.72. The third-order valence-corrected chi connectivity index (χ3v) is 5.93. The number of anilines is 1. The second-order valence-electron chi connectivity index (χ2n) is 6.10. The molecule has 0 aliphatic rings. The summed E-state index contributed by atoms with van der Waals surface area (Å²) in [5.74, 6) is -0.690. The highest BCUT2D eigenvalue weighted by atomic mass is 32.2. The minimum Gasteiger partial charge on any atom is -0.462 e. The van der Waals surface area contributed by atoms with Crippen LogP contribution in [0.5, 0.6) is 0 Å². The van der Waals surface area contributed by atoms with Crippen LogP contribution in [0.4, 0.5) is 5.00 Å². The molecule has 28 heavy (non-hydrogen) atoms. The lowest BCUT2D eigenvalue weighted by molar-refractivity contribution is -0.116. The van der Waals surface area contributed by atoms with Gasteiger partial charge in [-0.25, -0.2) is 9.78 Å². The molecule has 0 saturated heterocycles. The molecule has 2 aromatic heterocycles. The first-order valence-corrected chi connectivity index (χ1v) is 11.1. The molecule has 2 heterocycles. The quantitative estimate of drug-likeness (QED) is 0.383. The highest BCUT2D eigenvalue weighted by Gasteiger charge is 2.23. The molecule has 0 saturated carbocycles. The summed E-state index contributed by atoms with van der Waals surface area (Å²) in [6.07, 6.45) is 2.90. The van der Waals surface area contributed by atoms with E-state index in [9.17, 15) is 14.4 Å². The Bertz CT molecular complexity index is 934. The maximum absolute atomic E-state index is 12.5. The molecule has 0 spiro atoms. The van der Waals surface area contributed by atoms with E-state index >= 15 is 0 Å². The molecule has 2 N–H and O–H groups in total. The normalized spacial score (nSPS) is 10.8. The minimum atomic E-state index is -0.428. The Morgan fingerprint density at radius 3 is 2.54 bits per heavy atom. The van der Waals surface area contributed by atoms with Gasteiger partial charge in [-0.2, -0.15) is 0 Å². The molecule has 0 unspecified atom stereocenters. The molecule has 0 bridgehead atoms. The molecule has 2 rings (SSSR count). The summed E-state index contributed by atoms with van der Waals surface area (Å²) in [7, 11) is 0. The van der Waals surface area contributed by atoms with Gasteiger partial charge in [-0.05, 0) is 45.4 Å². The number of H-pyrrole nitrogens is 1. The molecule has 7 nitrogen and oxygen atoms in total. The summed E-state index contributed by atoms with van der Waals surface area (Å²) < 4.78 is 5.15. The van der Waals surface area contributed by atoms with Gasteiger partial charge in [-0.15, -0.1) is 11.3 Å². The van der Waals surface area contributed by atoms with Crippen LogP contribution < -0.4 is 10.9 Å². The van der Waals surface area contributed by atoms with Crippen molar-refractivity contribution in [3.8, 4) is 0 Å². The number of hydrogen-bond acceptors (Lipinski definition) is 7. The van der Waals surface area contributed by atoms with Crippen LogP contribution in [0.2, 0.25) is 0 Å². The second-order valence-corrected chi connectivity index (χ2v) is 8.12. The predicted octanol–water partition coefficient (Wildman–Crippen LogP) is 3.48. The minimum absolute atomic E-state index is 0.116. The Kier molecular flexibility index (Phi) is 7.82. The van der Waals surface area contributed by atoms with Crippen molar-refractivity contribution in [3.05, 3.63) is 37.6 Å². The van der Waals surface area contributed by atoms with Crippen molar-refractivity contribution in [1.82, 2.24) is 9.97 Å². The van der Waals surface area contributed by atoms with E-state index in [1.165, 1.54) is 23.1 Å². The fraction of sp³-hybridized carbons (Fsp3) is 0.474. The number of carbonyl (C=O) groups is 2. The van der Waals surface area contributed by atoms with Crippen molar-refractivity contribution in [2.75, 3.05) is 18.2 Å². The molecule has 0 radical (unpaired) electrons. The van der Waals surface area contributed by atoms with Gasteiger partial charge >= 0.3 is 5.97 Å². The van der Waals surface area contributed by atoms with E-state index in [4.69, 9.17) is 4.74 Å². The molecule has 2 aromatic rings. The van der Waals surface area contributed by atoms with Crippen molar-refractivity contribution in [2.45, 2.75) is 52.1 Å². The number of amides is 1. The van der Waals surface area contributed by atoms with E-state index in [0.29, 0.717) is 33.4 Å². The fourth-order valence-corrected chi connectivity index (χ4v) is 4.49. The van der Waals surface area contributed by atoms with E-state index in [-0.39, 0.29) is 30.9 Å². The number of thioether (sulfide) groups is 1. The zero-order valence-corrected chi connectivity index (χ0v) is 18.4. The molecule has 0 fully saturated rings. The van der Waals surface area contributed by atoms with Crippen LogP contribution >= 0.6 is 23.1 Å². The molecule has 9 heteroatoms. The standard InChI is InChI=1S/C19H25N3O4S2/c1-6-12-11(4)28-17(15(12)18(25)26-7-2)21-14(23)9-8-13-10(3)20-19(27-5)22-16(13)24/h6-9H2,1-5H3,(H,21,23)(H,20,22,24). The number of hydrogen-bond donors (Lipinski definition) is 2. The third kappa shape index (κ3) is 5.02. The summed E-state index contributed by atoms with van der Waals surface area (Å²) in [4.78, 5) is 45.0. The maximum atomic E-state index is 12.5. The molecule has 0 atom stereocenters. The first-order valence-electron chi connectivity index (χ1n) is 9.05. The monoisotopic (exact) mass is 423 g/mol. The number of esters is 1. The Morgan fingerprint density at radius 1 is 1.25 bits per heavy atom. The van der Waals surface area contributed by atoms with Crippen LogP contribution in [-0.4, -0.2) is 34.7 Å². The van der Waals surface area contributed by atoms with Crippen molar-refractivity contribution in [1.29, 1.82) is 0 Å². The average molecular weight is 424 g/mol. The summed E-state index contributed by atoms with van der Waals surface area (Å²) in [6, 6.07) is 0. The highest BCUT2D eigenvalue weighted by molar-refractivity contribution is 7.98. The second kappa shape index (κ2) is 9.88. The number of nitrogens with zero attached hydrogens (tertiary/aromatic N) is 1. The zero-order valence-electron chi connectivity index (χ0n) is 16.7. The van der Waals surface area contributed by atoms with E-state index in [2.05, 4.69) is 15.3 Å². The average Bonchev–Trinajstić information content (AvgIpc) is 2.95. The largest absolute Gasteiger partial charge is 0.462 e. The molecular weight excluding hydrogens is 398 g/mol. The number of nitrogens with one attached hydrogen (secondary N) is 2. The van der Waals surface area contributed by atoms with Gasteiger partial charge in [0, 0.05) is 22.6 Å². The van der Waals surface area contributed by atoms with Crippen molar-refractivity contribution >= 4 is 40.0 Å². The lowest BCUT2D eigenvalue weighted by Crippen LogP contribution is -2.20. The number of carbonyl (C=O) groups excluding carboxylic acids is 2. The van der Waals surface area contributed by atoms with Crippen LogP contribution in [0.25, 0.3) is 0 Å². The number of aromatic nitrogens is 2. The van der Waals surface area contributed by atoms with Crippen LogP contribution in [0.15, 0.2) is 9.95 Å². The van der Waals surface area contributed by atoms with Gasteiger partial charge in [0.1, 0.15) is 5.00 Å². The van der Waals surface area contributed by atoms with E-state index in [0.717, 1.165) is 10.4 Å². The summed E-state index contributed by atoms with van der Waals surface area (Å²) in [5, 5.41) is 3.87. The van der Waals surface area contributed by atoms with Gasteiger partial charge < -0.3 is 15.0 Å². The number of rotatable bonds is 8. The van der Waals surface area contributed by atoms with Crippen LogP contribution in [0, 0.1) is 13.8 Å². The number of thiophene rings is 1. The van der Waals surface area contributed by atoms with Crippen LogP contribution in [0.1, 0.15) is 52.3 Å². The molecule has 0 aliphatic carbocycles. The summed E-state index contributed by atoms with van der Waals surface area (Å²) in [5.41, 5.74) is 2.21. The smallest absolute Gasteiger partial charge is 0.341 e. The van der Waals surface area contributed by atoms with Gasteiger partial charge in [0.15, 0.2) is 5.16 Å². The first-order chi connectivity index (χ1) is 13.3. The van der Waals surface area contributed by atoms with Gasteiger partial charge in [-0.3, -0.25) is 9.59 Å². The predicted molar refractivity (Wildman–Crippen MR) is 113 cm³/mol. The molecule has 0 aliphatic heterocycles. The van der Waals surface area contributed by atoms with Gasteiger partial charge in [0.05, 0.1) is 12.2 Å². The first kappa shape index (κ1) is 22.2. The third-order valence-electron chi connectivity index (χ3n) is 4.29. The van der Waals surface area contributed by atoms with Crippen LogP contribution in [-0.2, 0) is 22.4 Å². The Balaban J connectivity index is 2.16. The number of ether oxygens (including phenoxy) is 1. The van der Waals surface area contributed by atoms with Crippen molar-refractivity contribution in [2.24, 2.45) is 0 Å².